The molecule has 9 heteroatoms. The van der Waals surface area contributed by atoms with Gasteiger partial charge in [0.25, 0.3) is 11.6 Å². The second-order valence-electron chi connectivity index (χ2n) is 5.86. The quantitative estimate of drug-likeness (QED) is 0.542. The number of rotatable bonds is 3. The summed E-state index contributed by atoms with van der Waals surface area (Å²) in [6.07, 6.45) is 1.26. The third-order valence-corrected chi connectivity index (χ3v) is 3.91. The third-order valence-electron chi connectivity index (χ3n) is 3.91. The van der Waals surface area contributed by atoms with E-state index in [1.807, 2.05) is 6.07 Å². The van der Waals surface area contributed by atoms with E-state index in [4.69, 9.17) is 0 Å². The van der Waals surface area contributed by atoms with Crippen molar-refractivity contribution in [1.29, 1.82) is 0 Å². The Morgan fingerprint density at radius 3 is 2.44 bits per heavy atom. The van der Waals surface area contributed by atoms with Gasteiger partial charge in [-0.2, -0.15) is 0 Å². The molecule has 27 heavy (non-hydrogen) atoms. The molecule has 0 radical (unpaired) electrons. The van der Waals surface area contributed by atoms with Gasteiger partial charge in [-0.05, 0) is 31.0 Å². The molecule has 3 rings (SSSR count). The van der Waals surface area contributed by atoms with E-state index in [0.717, 1.165) is 11.1 Å². The number of benzene rings is 2. The number of nitrogens with one attached hydrogen (secondary N) is 2. The van der Waals surface area contributed by atoms with E-state index < -0.39 is 16.9 Å². The zero-order valence-corrected chi connectivity index (χ0v) is 14.5. The first-order valence-electron chi connectivity index (χ1n) is 7.95. The summed E-state index contributed by atoms with van der Waals surface area (Å²) < 4.78 is 0. The van der Waals surface area contributed by atoms with Crippen LogP contribution in [0.25, 0.3) is 11.0 Å². The minimum Gasteiger partial charge on any atom is -0.291 e. The molecular formula is C18H15N5O4. The minimum absolute atomic E-state index is 0.102. The molecule has 2 aromatic carbocycles. The van der Waals surface area contributed by atoms with Crippen LogP contribution in [0.3, 0.4) is 0 Å². The number of carbonyl (C=O) groups excluding carboxylic acids is 2. The van der Waals surface area contributed by atoms with Crippen molar-refractivity contribution in [3.8, 4) is 0 Å². The highest BCUT2D eigenvalue weighted by atomic mass is 16.6. The minimum atomic E-state index is -0.752. The summed E-state index contributed by atoms with van der Waals surface area (Å²) in [5.74, 6) is -0.407. The van der Waals surface area contributed by atoms with Gasteiger partial charge in [0.15, 0.2) is 5.82 Å². The third kappa shape index (κ3) is 3.87. The molecular weight excluding hydrogens is 350 g/mol. The molecule has 3 aromatic rings. The van der Waals surface area contributed by atoms with Crippen molar-refractivity contribution in [3.05, 3.63) is 69.4 Å². The van der Waals surface area contributed by atoms with Crippen molar-refractivity contribution in [2.75, 3.05) is 5.32 Å². The molecule has 2 N–H and O–H groups in total. The zero-order chi connectivity index (χ0) is 19.6. The maximum absolute atomic E-state index is 12.3. The lowest BCUT2D eigenvalue weighted by Crippen LogP contribution is -2.35. The van der Waals surface area contributed by atoms with Gasteiger partial charge >= 0.3 is 6.03 Å². The van der Waals surface area contributed by atoms with Crippen LogP contribution < -0.4 is 10.6 Å². The highest BCUT2D eigenvalue weighted by Gasteiger charge is 2.15. The van der Waals surface area contributed by atoms with E-state index >= 15 is 0 Å². The van der Waals surface area contributed by atoms with Gasteiger partial charge in [-0.3, -0.25) is 30.5 Å². The van der Waals surface area contributed by atoms with E-state index in [-0.39, 0.29) is 11.5 Å². The molecule has 9 nitrogen and oxygen atoms in total. The van der Waals surface area contributed by atoms with Crippen LogP contribution >= 0.6 is 0 Å². The molecule has 0 aliphatic heterocycles. The van der Waals surface area contributed by atoms with Crippen LogP contribution in [0.5, 0.6) is 0 Å². The fourth-order valence-corrected chi connectivity index (χ4v) is 2.66. The van der Waals surface area contributed by atoms with Crippen LogP contribution in [0.15, 0.2) is 42.6 Å². The Kier molecular flexibility index (Phi) is 4.75. The summed E-state index contributed by atoms with van der Waals surface area (Å²) in [7, 11) is 0. The predicted octanol–water partition coefficient (Wildman–Crippen LogP) is 3.12. The van der Waals surface area contributed by atoms with Crippen LogP contribution in [0.2, 0.25) is 0 Å². The number of nitro benzene ring substituents is 1. The summed E-state index contributed by atoms with van der Waals surface area (Å²) >= 11 is 0. The monoisotopic (exact) mass is 365 g/mol. The van der Waals surface area contributed by atoms with Crippen LogP contribution in [0.1, 0.15) is 21.5 Å². The molecule has 0 saturated carbocycles. The predicted molar refractivity (Wildman–Crippen MR) is 98.6 cm³/mol. The molecule has 0 saturated heterocycles. The number of aromatic nitrogens is 2. The molecule has 136 valence electrons. The first kappa shape index (κ1) is 17.9. The maximum Gasteiger partial charge on any atom is 0.327 e. The Morgan fingerprint density at radius 1 is 1.07 bits per heavy atom. The van der Waals surface area contributed by atoms with Crippen molar-refractivity contribution in [1.82, 2.24) is 15.3 Å². The summed E-state index contributed by atoms with van der Waals surface area (Å²) in [4.78, 5) is 42.9. The number of non-ortho nitro benzene ring substituents is 1. The molecule has 1 aromatic heterocycles. The lowest BCUT2D eigenvalue weighted by atomic mass is 10.0. The van der Waals surface area contributed by atoms with Gasteiger partial charge in [-0.15, -0.1) is 0 Å². The molecule has 0 fully saturated rings. The Bertz CT molecular complexity index is 1060. The van der Waals surface area contributed by atoms with E-state index in [9.17, 15) is 19.7 Å². The molecule has 1 heterocycles. The summed E-state index contributed by atoms with van der Waals surface area (Å²) in [5.41, 5.74) is 2.54. The Balaban J connectivity index is 1.75. The first-order valence-corrected chi connectivity index (χ1v) is 7.95. The number of fused-ring (bicyclic) bond motifs is 1. The first-order chi connectivity index (χ1) is 12.8. The second kappa shape index (κ2) is 7.16. The van der Waals surface area contributed by atoms with Crippen LogP contribution in [-0.2, 0) is 0 Å². The van der Waals surface area contributed by atoms with Gasteiger partial charge in [0.2, 0.25) is 0 Å². The van der Waals surface area contributed by atoms with E-state index in [2.05, 4.69) is 20.6 Å². The average molecular weight is 365 g/mol. The fourth-order valence-electron chi connectivity index (χ4n) is 2.66. The van der Waals surface area contributed by atoms with Crippen LogP contribution in [-0.4, -0.2) is 26.8 Å². The molecule has 0 bridgehead atoms. The molecule has 0 aliphatic carbocycles. The lowest BCUT2D eigenvalue weighted by Gasteiger charge is -2.10. The van der Waals surface area contributed by atoms with Crippen molar-refractivity contribution in [3.63, 3.8) is 0 Å². The van der Waals surface area contributed by atoms with Gasteiger partial charge < -0.3 is 0 Å². The number of urea groups is 1. The number of hydrogen-bond donors (Lipinski definition) is 2. The number of hydrogen-bond acceptors (Lipinski definition) is 6. The number of aryl methyl sites for hydroxylation is 2. The van der Waals surface area contributed by atoms with E-state index in [0.29, 0.717) is 16.6 Å². The van der Waals surface area contributed by atoms with Gasteiger partial charge in [-0.25, -0.2) is 9.78 Å². The SMILES string of the molecule is Cc1cccc(C)c1C(=O)NC(=O)Nc1cnc2cc([N+](=O)[O-])ccc2n1. The molecule has 0 unspecified atom stereocenters. The second-order valence-corrected chi connectivity index (χ2v) is 5.86. The van der Waals surface area contributed by atoms with Crippen molar-refractivity contribution in [2.24, 2.45) is 0 Å². The summed E-state index contributed by atoms with van der Waals surface area (Å²) in [5, 5.41) is 15.5. The largest absolute Gasteiger partial charge is 0.327 e. The Labute approximate surface area is 153 Å². The standard InChI is InChI=1S/C18H15N5O4/c1-10-4-3-5-11(2)16(10)17(24)22-18(25)21-15-9-19-14-8-12(23(26)27)6-7-13(14)20-15/h3-9H,1-2H3,(H2,20,21,22,24,25). The van der Waals surface area contributed by atoms with Crippen molar-refractivity contribution < 1.29 is 14.5 Å². The smallest absolute Gasteiger partial charge is 0.291 e. The number of nitro groups is 1. The number of carbonyl (C=O) groups is 2. The average Bonchev–Trinajstić information content (AvgIpc) is 2.60. The summed E-state index contributed by atoms with van der Waals surface area (Å²) in [6.45, 7) is 3.57. The molecule has 0 aliphatic rings. The van der Waals surface area contributed by atoms with E-state index in [1.165, 1.54) is 24.4 Å². The van der Waals surface area contributed by atoms with Crippen molar-refractivity contribution in [2.45, 2.75) is 13.8 Å². The maximum atomic E-state index is 12.3. The number of anilines is 1. The van der Waals surface area contributed by atoms with Gasteiger partial charge in [0.05, 0.1) is 22.2 Å². The van der Waals surface area contributed by atoms with Gasteiger partial charge in [-0.1, -0.05) is 18.2 Å². The molecule has 3 amide bonds. The van der Waals surface area contributed by atoms with Crippen LogP contribution in [0.4, 0.5) is 16.3 Å². The van der Waals surface area contributed by atoms with Gasteiger partial charge in [0.1, 0.15) is 0 Å². The number of amides is 3. The van der Waals surface area contributed by atoms with E-state index in [1.54, 1.807) is 26.0 Å². The Hall–Kier alpha value is -3.88. The topological polar surface area (TPSA) is 127 Å². The highest BCUT2D eigenvalue weighted by molar-refractivity contribution is 6.09. The zero-order valence-electron chi connectivity index (χ0n) is 14.5. The molecule has 0 spiro atoms. The number of nitrogens with zero attached hydrogens (tertiary/aromatic N) is 3. The fraction of sp³-hybridized carbons (Fsp3) is 0.111. The van der Waals surface area contributed by atoms with Crippen molar-refractivity contribution >= 4 is 34.5 Å². The highest BCUT2D eigenvalue weighted by Crippen LogP contribution is 2.19. The summed E-state index contributed by atoms with van der Waals surface area (Å²) in [6, 6.07) is 8.67. The number of imide groups is 1. The van der Waals surface area contributed by atoms with Crippen LogP contribution in [0, 0.1) is 24.0 Å². The van der Waals surface area contributed by atoms with Gasteiger partial charge in [0, 0.05) is 17.7 Å². The Morgan fingerprint density at radius 2 is 1.78 bits per heavy atom. The normalized spacial score (nSPS) is 10.4. The lowest BCUT2D eigenvalue weighted by molar-refractivity contribution is -0.384. The molecule has 0 atom stereocenters.